The average molecular weight is 181 g/mol. The molecule has 0 radical (unpaired) electrons. The molecule has 0 heterocycles. The van der Waals surface area contributed by atoms with Gasteiger partial charge in [0, 0.05) is 0 Å². The fraction of sp³-hybridized carbons (Fsp3) is 0.455. The lowest BCUT2D eigenvalue weighted by molar-refractivity contribution is -0.380. The molecule has 0 amide bonds. The summed E-state index contributed by atoms with van der Waals surface area (Å²) in [5.74, 6) is 0. The van der Waals surface area contributed by atoms with Crippen LogP contribution in [0.15, 0.2) is 24.3 Å². The van der Waals surface area contributed by atoms with E-state index in [9.17, 15) is 5.11 Å². The van der Waals surface area contributed by atoms with Gasteiger partial charge >= 0.3 is 0 Å². The van der Waals surface area contributed by atoms with Crippen LogP contribution in [0.1, 0.15) is 25.0 Å². The first-order valence-corrected chi connectivity index (χ1v) is 4.22. The van der Waals surface area contributed by atoms with Crippen LogP contribution in [0.4, 0.5) is 0 Å². The second-order valence-electron chi connectivity index (χ2n) is 3.84. The van der Waals surface area contributed by atoms with Crippen molar-refractivity contribution in [2.45, 2.75) is 26.2 Å². The Bertz CT molecular complexity index is 269. The minimum atomic E-state index is -0.231. The van der Waals surface area contributed by atoms with Gasteiger partial charge in [-0.25, -0.2) is 0 Å². The van der Waals surface area contributed by atoms with Gasteiger partial charge in [0.05, 0.1) is 0 Å². The molecule has 0 aliphatic rings. The summed E-state index contributed by atoms with van der Waals surface area (Å²) in [7, 11) is 0. The molecule has 2 heteroatoms. The van der Waals surface area contributed by atoms with Crippen molar-refractivity contribution in [1.82, 2.24) is 6.15 Å². The first kappa shape index (κ1) is 12.1. The van der Waals surface area contributed by atoms with Crippen molar-refractivity contribution in [3.8, 4) is 0 Å². The van der Waals surface area contributed by atoms with Gasteiger partial charge in [0.15, 0.2) is 0 Å². The fourth-order valence-electron chi connectivity index (χ4n) is 1.41. The van der Waals surface area contributed by atoms with Gasteiger partial charge in [0.2, 0.25) is 0 Å². The zero-order valence-electron chi connectivity index (χ0n) is 8.92. The molecule has 0 aliphatic heterocycles. The molecule has 2 nitrogen and oxygen atoms in total. The number of hydrogen-bond donors (Lipinski definition) is 1. The lowest BCUT2D eigenvalue weighted by Crippen LogP contribution is -2.31. The maximum Gasteiger partial charge on any atom is -0.0254 e. The van der Waals surface area contributed by atoms with E-state index in [0.717, 1.165) is 0 Å². The summed E-state index contributed by atoms with van der Waals surface area (Å²) >= 11 is 0. The van der Waals surface area contributed by atoms with E-state index in [1.807, 2.05) is 45.0 Å². The highest BCUT2D eigenvalue weighted by Gasteiger charge is 2.16. The van der Waals surface area contributed by atoms with Gasteiger partial charge < -0.3 is 11.3 Å². The normalized spacial score (nSPS) is 10.8. The molecule has 1 aromatic carbocycles. The van der Waals surface area contributed by atoms with E-state index in [2.05, 4.69) is 0 Å². The quantitative estimate of drug-likeness (QED) is 0.745. The lowest BCUT2D eigenvalue weighted by Gasteiger charge is -2.30. The molecular formula is C11H19NO. The van der Waals surface area contributed by atoms with Gasteiger partial charge in [-0.15, -0.1) is 6.61 Å². The summed E-state index contributed by atoms with van der Waals surface area (Å²) in [6.45, 7) is 5.97. The lowest BCUT2D eigenvalue weighted by atomic mass is 9.83. The molecule has 13 heavy (non-hydrogen) atoms. The van der Waals surface area contributed by atoms with Crippen LogP contribution in [0.5, 0.6) is 0 Å². The predicted octanol–water partition coefficient (Wildman–Crippen LogP) is 2.01. The van der Waals surface area contributed by atoms with Crippen molar-refractivity contribution in [3.63, 3.8) is 0 Å². The molecule has 0 saturated heterocycles. The molecule has 0 saturated carbocycles. The summed E-state index contributed by atoms with van der Waals surface area (Å²) in [5, 5.41) is 10.9. The number of rotatable bonds is 2. The van der Waals surface area contributed by atoms with Crippen molar-refractivity contribution < 1.29 is 5.11 Å². The standard InChI is InChI=1S/C11H15O.H3N/c1-9-6-4-5-7-10(9)11(2,3)8-12;/h4-7H,8H2,1-3H3;1H3/q-1;/p+1. The van der Waals surface area contributed by atoms with Crippen LogP contribution in [-0.4, -0.2) is 6.61 Å². The molecule has 74 valence electrons. The van der Waals surface area contributed by atoms with Crippen molar-refractivity contribution in [2.24, 2.45) is 0 Å². The largest absolute Gasteiger partial charge is 0.854 e. The van der Waals surface area contributed by atoms with Gasteiger partial charge in [0.25, 0.3) is 0 Å². The average Bonchev–Trinajstić information content (AvgIpc) is 2.05. The molecule has 1 rings (SSSR count). The first-order valence-electron chi connectivity index (χ1n) is 4.22. The van der Waals surface area contributed by atoms with Crippen LogP contribution < -0.4 is 11.3 Å². The van der Waals surface area contributed by atoms with Gasteiger partial charge in [-0.1, -0.05) is 38.1 Å². The van der Waals surface area contributed by atoms with Crippen molar-refractivity contribution >= 4 is 0 Å². The van der Waals surface area contributed by atoms with Gasteiger partial charge in [0.1, 0.15) is 0 Å². The topological polar surface area (TPSA) is 59.6 Å². The fourth-order valence-corrected chi connectivity index (χ4v) is 1.41. The van der Waals surface area contributed by atoms with E-state index in [-0.39, 0.29) is 18.2 Å². The summed E-state index contributed by atoms with van der Waals surface area (Å²) in [6, 6.07) is 8.07. The van der Waals surface area contributed by atoms with Crippen LogP contribution in [0.2, 0.25) is 0 Å². The highest BCUT2D eigenvalue weighted by Crippen LogP contribution is 2.24. The van der Waals surface area contributed by atoms with Gasteiger partial charge in [-0.3, -0.25) is 0 Å². The Morgan fingerprint density at radius 3 is 2.23 bits per heavy atom. The molecule has 0 unspecified atom stereocenters. The Kier molecular flexibility index (Phi) is 4.11. The zero-order chi connectivity index (χ0) is 9.19. The van der Waals surface area contributed by atoms with Crippen LogP contribution in [-0.2, 0) is 5.41 Å². The van der Waals surface area contributed by atoms with Gasteiger partial charge in [-0.05, 0) is 23.5 Å². The SMILES string of the molecule is Cc1ccccc1C(C)(C)C[O-].[NH4+]. The third kappa shape index (κ3) is 2.54. The number of benzene rings is 1. The smallest absolute Gasteiger partial charge is 0.0254 e. The second kappa shape index (κ2) is 4.40. The third-order valence-electron chi connectivity index (χ3n) is 2.24. The van der Waals surface area contributed by atoms with E-state index in [0.29, 0.717) is 0 Å². The summed E-state index contributed by atoms with van der Waals surface area (Å²) in [4.78, 5) is 0. The Balaban J connectivity index is 0.00000144. The van der Waals surface area contributed by atoms with Gasteiger partial charge in [-0.2, -0.15) is 0 Å². The predicted molar refractivity (Wildman–Crippen MR) is 55.1 cm³/mol. The number of quaternary nitrogens is 1. The Morgan fingerprint density at radius 1 is 1.23 bits per heavy atom. The van der Waals surface area contributed by atoms with E-state index in [1.165, 1.54) is 11.1 Å². The molecule has 4 N–H and O–H groups in total. The van der Waals surface area contributed by atoms with Crippen molar-refractivity contribution in [3.05, 3.63) is 35.4 Å². The van der Waals surface area contributed by atoms with E-state index in [4.69, 9.17) is 0 Å². The summed E-state index contributed by atoms with van der Waals surface area (Å²) < 4.78 is 0. The van der Waals surface area contributed by atoms with Crippen LogP contribution in [0.3, 0.4) is 0 Å². The van der Waals surface area contributed by atoms with E-state index in [1.54, 1.807) is 0 Å². The first-order chi connectivity index (χ1) is 5.58. The molecular weight excluding hydrogens is 162 g/mol. The highest BCUT2D eigenvalue weighted by atomic mass is 16.3. The molecule has 1 aromatic rings. The van der Waals surface area contributed by atoms with E-state index < -0.39 is 0 Å². The van der Waals surface area contributed by atoms with Crippen LogP contribution in [0, 0.1) is 6.92 Å². The molecule has 0 spiro atoms. The minimum absolute atomic E-state index is 0. The number of aryl methyl sites for hydroxylation is 1. The molecule has 0 atom stereocenters. The zero-order valence-corrected chi connectivity index (χ0v) is 8.92. The Hall–Kier alpha value is -0.860. The van der Waals surface area contributed by atoms with E-state index >= 15 is 0 Å². The maximum absolute atomic E-state index is 10.9. The summed E-state index contributed by atoms with van der Waals surface area (Å²) in [6.07, 6.45) is 0. The molecule has 0 aliphatic carbocycles. The third-order valence-corrected chi connectivity index (χ3v) is 2.24. The van der Waals surface area contributed by atoms with Crippen LogP contribution in [0.25, 0.3) is 0 Å². The van der Waals surface area contributed by atoms with Crippen molar-refractivity contribution in [2.75, 3.05) is 6.61 Å². The monoisotopic (exact) mass is 181 g/mol. The highest BCUT2D eigenvalue weighted by molar-refractivity contribution is 5.31. The molecule has 0 fully saturated rings. The Morgan fingerprint density at radius 2 is 1.77 bits per heavy atom. The maximum atomic E-state index is 10.9. The Labute approximate surface area is 80.2 Å². The molecule has 0 bridgehead atoms. The second-order valence-corrected chi connectivity index (χ2v) is 3.84. The van der Waals surface area contributed by atoms with Crippen LogP contribution >= 0.6 is 0 Å². The van der Waals surface area contributed by atoms with Crippen molar-refractivity contribution in [1.29, 1.82) is 0 Å². The molecule has 0 aromatic heterocycles. The number of hydrogen-bond acceptors (Lipinski definition) is 1. The minimum Gasteiger partial charge on any atom is -0.854 e. The summed E-state index contributed by atoms with van der Waals surface area (Å²) in [5.41, 5.74) is 2.14.